The number of benzene rings is 1. The summed E-state index contributed by atoms with van der Waals surface area (Å²) in [6, 6.07) is 5.97. The van der Waals surface area contributed by atoms with Gasteiger partial charge in [-0.05, 0) is 32.9 Å². The zero-order chi connectivity index (χ0) is 15.4. The quantitative estimate of drug-likeness (QED) is 0.919. The van der Waals surface area contributed by atoms with Gasteiger partial charge >= 0.3 is 0 Å². The van der Waals surface area contributed by atoms with Gasteiger partial charge in [-0.3, -0.25) is 4.79 Å². The fraction of sp³-hybridized carbons (Fsp3) is 0.333. The van der Waals surface area contributed by atoms with Gasteiger partial charge in [0.25, 0.3) is 5.91 Å². The van der Waals surface area contributed by atoms with Crippen LogP contribution in [0.2, 0.25) is 0 Å². The molecule has 2 rings (SSSR count). The second kappa shape index (κ2) is 6.39. The average Bonchev–Trinajstić information content (AvgIpc) is 2.78. The van der Waals surface area contributed by atoms with Crippen molar-refractivity contribution in [3.8, 4) is 5.75 Å². The minimum absolute atomic E-state index is 0.0532. The number of para-hydroxylation sites is 1. The van der Waals surface area contributed by atoms with Crippen LogP contribution < -0.4 is 10.1 Å². The number of aromatic nitrogens is 1. The Bertz CT molecular complexity index is 620. The predicted octanol–water partition coefficient (Wildman–Crippen LogP) is 2.51. The summed E-state index contributed by atoms with van der Waals surface area (Å²) in [6.07, 6.45) is -0.803. The second-order valence-corrected chi connectivity index (χ2v) is 4.71. The lowest BCUT2D eigenvalue weighted by molar-refractivity contribution is -0.127. The predicted molar refractivity (Wildman–Crippen MR) is 74.3 cm³/mol. The molecule has 21 heavy (non-hydrogen) atoms. The van der Waals surface area contributed by atoms with Gasteiger partial charge in [-0.2, -0.15) is 0 Å². The summed E-state index contributed by atoms with van der Waals surface area (Å²) in [7, 11) is 0. The third kappa shape index (κ3) is 3.59. The van der Waals surface area contributed by atoms with Crippen LogP contribution >= 0.6 is 0 Å². The van der Waals surface area contributed by atoms with Crippen molar-refractivity contribution in [2.45, 2.75) is 33.4 Å². The van der Waals surface area contributed by atoms with Crippen LogP contribution in [0.25, 0.3) is 0 Å². The van der Waals surface area contributed by atoms with Crippen molar-refractivity contribution in [3.63, 3.8) is 0 Å². The molecule has 0 aliphatic rings. The molecule has 1 amide bonds. The Morgan fingerprint density at radius 2 is 2.14 bits per heavy atom. The van der Waals surface area contributed by atoms with E-state index >= 15 is 0 Å². The zero-order valence-electron chi connectivity index (χ0n) is 12.1. The minimum atomic E-state index is -0.803. The van der Waals surface area contributed by atoms with E-state index in [0.717, 1.165) is 11.3 Å². The first-order valence-corrected chi connectivity index (χ1v) is 6.59. The van der Waals surface area contributed by atoms with E-state index in [1.807, 2.05) is 0 Å². The fourth-order valence-corrected chi connectivity index (χ4v) is 1.86. The number of hydrogen-bond acceptors (Lipinski definition) is 4. The van der Waals surface area contributed by atoms with Gasteiger partial charge in [0.05, 0.1) is 5.69 Å². The van der Waals surface area contributed by atoms with Crippen LogP contribution in [0.5, 0.6) is 5.75 Å². The number of ether oxygens (including phenoxy) is 1. The summed E-state index contributed by atoms with van der Waals surface area (Å²) in [4.78, 5) is 12.0. The van der Waals surface area contributed by atoms with E-state index in [4.69, 9.17) is 9.26 Å². The molecule has 1 atom stereocenters. The molecule has 1 aromatic heterocycles. The minimum Gasteiger partial charge on any atom is -0.478 e. The van der Waals surface area contributed by atoms with E-state index in [1.165, 1.54) is 12.1 Å². The van der Waals surface area contributed by atoms with Gasteiger partial charge in [0.1, 0.15) is 5.76 Å². The maximum atomic E-state index is 13.5. The molecule has 0 bridgehead atoms. The standard InChI is InChI=1S/C15H17FN2O3/c1-9-12(10(2)21-18-9)8-17-15(19)11(3)20-14-7-5-4-6-13(14)16/h4-7,11H,8H2,1-3H3,(H,17,19)/t11-/m0/s1. The molecule has 0 saturated heterocycles. The Hall–Kier alpha value is -2.37. The molecule has 0 radical (unpaired) electrons. The van der Waals surface area contributed by atoms with Gasteiger partial charge in [0.2, 0.25) is 0 Å². The number of aryl methyl sites for hydroxylation is 2. The Labute approximate surface area is 122 Å². The van der Waals surface area contributed by atoms with Gasteiger partial charge in [-0.15, -0.1) is 0 Å². The van der Waals surface area contributed by atoms with E-state index < -0.39 is 11.9 Å². The monoisotopic (exact) mass is 292 g/mol. The highest BCUT2D eigenvalue weighted by molar-refractivity contribution is 5.80. The van der Waals surface area contributed by atoms with Gasteiger partial charge < -0.3 is 14.6 Å². The van der Waals surface area contributed by atoms with Crippen molar-refractivity contribution >= 4 is 5.91 Å². The van der Waals surface area contributed by atoms with E-state index in [-0.39, 0.29) is 11.7 Å². The van der Waals surface area contributed by atoms with Crippen molar-refractivity contribution in [1.29, 1.82) is 0 Å². The highest BCUT2D eigenvalue weighted by Crippen LogP contribution is 2.17. The van der Waals surface area contributed by atoms with Gasteiger partial charge in [-0.25, -0.2) is 4.39 Å². The molecule has 2 aromatic rings. The van der Waals surface area contributed by atoms with Crippen LogP contribution in [0.3, 0.4) is 0 Å². The van der Waals surface area contributed by atoms with Crippen LogP contribution in [-0.2, 0) is 11.3 Å². The lowest BCUT2D eigenvalue weighted by atomic mass is 10.2. The summed E-state index contributed by atoms with van der Waals surface area (Å²) in [5.41, 5.74) is 1.57. The van der Waals surface area contributed by atoms with Crippen LogP contribution in [0, 0.1) is 19.7 Å². The third-order valence-corrected chi connectivity index (χ3v) is 3.13. The highest BCUT2D eigenvalue weighted by Gasteiger charge is 2.17. The molecule has 0 aliphatic carbocycles. The van der Waals surface area contributed by atoms with Crippen molar-refractivity contribution < 1.29 is 18.4 Å². The Morgan fingerprint density at radius 1 is 1.43 bits per heavy atom. The number of rotatable bonds is 5. The van der Waals surface area contributed by atoms with E-state index in [1.54, 1.807) is 32.9 Å². The van der Waals surface area contributed by atoms with Gasteiger partial charge in [0.15, 0.2) is 17.7 Å². The zero-order valence-corrected chi connectivity index (χ0v) is 12.1. The van der Waals surface area contributed by atoms with Crippen LogP contribution in [-0.4, -0.2) is 17.2 Å². The fourth-order valence-electron chi connectivity index (χ4n) is 1.86. The number of nitrogens with one attached hydrogen (secondary N) is 1. The number of amides is 1. The lowest BCUT2D eigenvalue weighted by Gasteiger charge is -2.15. The first kappa shape index (κ1) is 15.0. The summed E-state index contributed by atoms with van der Waals surface area (Å²) in [6.45, 7) is 5.44. The molecule has 6 heteroatoms. The van der Waals surface area contributed by atoms with Crippen molar-refractivity contribution in [2.75, 3.05) is 0 Å². The number of hydrogen-bond donors (Lipinski definition) is 1. The van der Waals surface area contributed by atoms with Crippen LogP contribution in [0.4, 0.5) is 4.39 Å². The maximum absolute atomic E-state index is 13.5. The molecule has 0 fully saturated rings. The molecular formula is C15H17FN2O3. The third-order valence-electron chi connectivity index (χ3n) is 3.13. The van der Waals surface area contributed by atoms with Crippen molar-refractivity contribution in [3.05, 3.63) is 47.1 Å². The number of halogens is 1. The number of carbonyl (C=O) groups excluding carboxylic acids is 1. The summed E-state index contributed by atoms with van der Waals surface area (Å²) >= 11 is 0. The Kier molecular flexibility index (Phi) is 4.57. The molecule has 112 valence electrons. The molecular weight excluding hydrogens is 275 g/mol. The average molecular weight is 292 g/mol. The molecule has 0 saturated carbocycles. The molecule has 1 N–H and O–H groups in total. The number of nitrogens with zero attached hydrogens (tertiary/aromatic N) is 1. The topological polar surface area (TPSA) is 64.4 Å². The van der Waals surface area contributed by atoms with Gasteiger partial charge in [-0.1, -0.05) is 17.3 Å². The van der Waals surface area contributed by atoms with Crippen LogP contribution in [0.15, 0.2) is 28.8 Å². The number of carbonyl (C=O) groups is 1. The Morgan fingerprint density at radius 3 is 2.76 bits per heavy atom. The van der Waals surface area contributed by atoms with Crippen molar-refractivity contribution in [1.82, 2.24) is 10.5 Å². The normalized spacial score (nSPS) is 12.0. The largest absolute Gasteiger partial charge is 0.478 e. The SMILES string of the molecule is Cc1noc(C)c1CNC(=O)[C@H](C)Oc1ccccc1F. The highest BCUT2D eigenvalue weighted by atomic mass is 19.1. The van der Waals surface area contributed by atoms with E-state index in [9.17, 15) is 9.18 Å². The first-order valence-electron chi connectivity index (χ1n) is 6.59. The maximum Gasteiger partial charge on any atom is 0.261 e. The molecule has 0 aliphatic heterocycles. The summed E-state index contributed by atoms with van der Waals surface area (Å²) in [5, 5.41) is 6.53. The van der Waals surface area contributed by atoms with Crippen LogP contribution in [0.1, 0.15) is 23.9 Å². The molecule has 0 spiro atoms. The lowest BCUT2D eigenvalue weighted by Crippen LogP contribution is -2.36. The first-order chi connectivity index (χ1) is 9.99. The summed E-state index contributed by atoms with van der Waals surface area (Å²) < 4.78 is 23.8. The van der Waals surface area contributed by atoms with Crippen molar-refractivity contribution in [2.24, 2.45) is 0 Å². The molecule has 1 aromatic carbocycles. The second-order valence-electron chi connectivity index (χ2n) is 4.71. The van der Waals surface area contributed by atoms with E-state index in [0.29, 0.717) is 12.3 Å². The van der Waals surface area contributed by atoms with Gasteiger partial charge in [0, 0.05) is 12.1 Å². The molecule has 5 nitrogen and oxygen atoms in total. The summed E-state index contributed by atoms with van der Waals surface area (Å²) in [5.74, 6) is -0.117. The Balaban J connectivity index is 1.93. The smallest absolute Gasteiger partial charge is 0.261 e. The molecule has 1 heterocycles. The van der Waals surface area contributed by atoms with E-state index in [2.05, 4.69) is 10.5 Å². The molecule has 0 unspecified atom stereocenters.